The molecule has 2 nitrogen and oxygen atoms in total. The Morgan fingerprint density at radius 2 is 0.917 bits per heavy atom. The average molecular weight is 613 g/mol. The van der Waals surface area contributed by atoms with Crippen molar-refractivity contribution in [1.82, 2.24) is 9.55 Å². The van der Waals surface area contributed by atoms with Crippen molar-refractivity contribution in [3.05, 3.63) is 181 Å². The Balaban J connectivity index is 1.33. The first-order valence-corrected chi connectivity index (χ1v) is 16.5. The molecule has 48 heavy (non-hydrogen) atoms. The maximum atomic E-state index is 5.27. The Morgan fingerprint density at radius 3 is 1.52 bits per heavy atom. The van der Waals surface area contributed by atoms with E-state index >= 15 is 0 Å². The van der Waals surface area contributed by atoms with Gasteiger partial charge in [-0.2, -0.15) is 0 Å². The van der Waals surface area contributed by atoms with Crippen LogP contribution in [0.5, 0.6) is 0 Å². The van der Waals surface area contributed by atoms with Crippen LogP contribution in [0.3, 0.4) is 0 Å². The molecule has 226 valence electrons. The van der Waals surface area contributed by atoms with Crippen molar-refractivity contribution in [3.63, 3.8) is 0 Å². The zero-order chi connectivity index (χ0) is 32.0. The molecule has 0 amide bonds. The van der Waals surface area contributed by atoms with Gasteiger partial charge in [-0.05, 0) is 97.7 Å². The molecule has 0 saturated heterocycles. The molecule has 0 radical (unpaired) electrons. The van der Waals surface area contributed by atoms with Crippen LogP contribution in [0.2, 0.25) is 0 Å². The molecule has 0 atom stereocenters. The van der Waals surface area contributed by atoms with Crippen LogP contribution in [0.25, 0.3) is 83.0 Å². The fraction of sp³-hybridized carbons (Fsp3) is 0.0217. The van der Waals surface area contributed by atoms with Crippen LogP contribution in [-0.2, 0) is 0 Å². The molecular formula is C46H32N2. The maximum Gasteiger partial charge on any atom is 0.145 e. The molecule has 0 aliphatic heterocycles. The molecule has 0 saturated carbocycles. The van der Waals surface area contributed by atoms with E-state index in [1.54, 1.807) is 0 Å². The summed E-state index contributed by atoms with van der Waals surface area (Å²) in [5.74, 6) is 0.942. The highest BCUT2D eigenvalue weighted by Gasteiger charge is 2.20. The highest BCUT2D eigenvalue weighted by Crippen LogP contribution is 2.45. The predicted octanol–water partition coefficient (Wildman–Crippen LogP) is 12.3. The van der Waals surface area contributed by atoms with Crippen LogP contribution in [0.1, 0.15) is 5.56 Å². The summed E-state index contributed by atoms with van der Waals surface area (Å²) in [7, 11) is 0. The Morgan fingerprint density at radius 1 is 0.417 bits per heavy atom. The van der Waals surface area contributed by atoms with Crippen molar-refractivity contribution >= 4 is 32.6 Å². The van der Waals surface area contributed by atoms with Crippen LogP contribution >= 0.6 is 0 Å². The average Bonchev–Trinajstić information content (AvgIpc) is 3.53. The molecule has 0 aliphatic rings. The monoisotopic (exact) mass is 612 g/mol. The fourth-order valence-corrected chi connectivity index (χ4v) is 7.34. The standard InChI is InChI=1S/C46H32N2/c1-31-28-43-42(47-46(34-20-10-4-11-21-34)48(43)36-22-12-5-13-23-36)30-40(31)35-26-27-39-41(29-35)45(33-18-8-3-9-19-33)38-25-15-14-24-37(38)44(39)32-16-6-2-7-17-32/h2-30H,1H3. The minimum Gasteiger partial charge on any atom is -0.292 e. The smallest absolute Gasteiger partial charge is 0.145 e. The Hall–Kier alpha value is -6.25. The van der Waals surface area contributed by atoms with Crippen molar-refractivity contribution in [1.29, 1.82) is 0 Å². The normalized spacial score (nSPS) is 11.4. The minimum atomic E-state index is 0.942. The molecule has 0 spiro atoms. The lowest BCUT2D eigenvalue weighted by Crippen LogP contribution is -1.97. The molecule has 1 heterocycles. The van der Waals surface area contributed by atoms with E-state index in [1.807, 2.05) is 0 Å². The SMILES string of the molecule is Cc1cc2c(cc1-c1ccc3c(-c4ccccc4)c4ccccc4c(-c4ccccc4)c3c1)nc(-c1ccccc1)n2-c1ccccc1. The molecule has 0 N–H and O–H groups in total. The van der Waals surface area contributed by atoms with Gasteiger partial charge in [-0.25, -0.2) is 4.98 Å². The summed E-state index contributed by atoms with van der Waals surface area (Å²) in [6.45, 7) is 2.22. The third-order valence-corrected chi connectivity index (χ3v) is 9.51. The number of benzene rings is 8. The van der Waals surface area contributed by atoms with Gasteiger partial charge in [-0.1, -0.05) is 146 Å². The summed E-state index contributed by atoms with van der Waals surface area (Å²) < 4.78 is 2.29. The Kier molecular flexibility index (Phi) is 6.72. The third-order valence-electron chi connectivity index (χ3n) is 9.51. The number of rotatable bonds is 5. The molecule has 8 aromatic carbocycles. The first-order chi connectivity index (χ1) is 23.7. The number of hydrogen-bond donors (Lipinski definition) is 0. The van der Waals surface area contributed by atoms with Gasteiger partial charge in [-0.15, -0.1) is 0 Å². The lowest BCUT2D eigenvalue weighted by atomic mass is 9.84. The Bertz CT molecular complexity index is 2580. The van der Waals surface area contributed by atoms with Crippen LogP contribution in [-0.4, -0.2) is 9.55 Å². The summed E-state index contributed by atoms with van der Waals surface area (Å²) in [4.78, 5) is 5.27. The lowest BCUT2D eigenvalue weighted by molar-refractivity contribution is 1.10. The van der Waals surface area contributed by atoms with Gasteiger partial charge in [0.05, 0.1) is 11.0 Å². The number of imidazole rings is 1. The number of aryl methyl sites for hydroxylation is 1. The molecule has 0 fully saturated rings. The van der Waals surface area contributed by atoms with Crippen molar-refractivity contribution < 1.29 is 0 Å². The van der Waals surface area contributed by atoms with E-state index in [9.17, 15) is 0 Å². The van der Waals surface area contributed by atoms with E-state index in [0.717, 1.165) is 28.1 Å². The predicted molar refractivity (Wildman–Crippen MR) is 203 cm³/mol. The van der Waals surface area contributed by atoms with Crippen molar-refractivity contribution in [2.24, 2.45) is 0 Å². The fourth-order valence-electron chi connectivity index (χ4n) is 7.34. The number of para-hydroxylation sites is 1. The highest BCUT2D eigenvalue weighted by molar-refractivity contribution is 6.22. The summed E-state index contributed by atoms with van der Waals surface area (Å²) in [6, 6.07) is 63.1. The summed E-state index contributed by atoms with van der Waals surface area (Å²) in [6.07, 6.45) is 0. The number of nitrogens with zero attached hydrogens (tertiary/aromatic N) is 2. The first kappa shape index (κ1) is 28.0. The Labute approximate surface area is 280 Å². The second-order valence-electron chi connectivity index (χ2n) is 12.4. The van der Waals surface area contributed by atoms with E-state index in [2.05, 4.69) is 187 Å². The van der Waals surface area contributed by atoms with Gasteiger partial charge in [0.2, 0.25) is 0 Å². The van der Waals surface area contributed by atoms with Crippen LogP contribution in [0, 0.1) is 6.92 Å². The van der Waals surface area contributed by atoms with Gasteiger partial charge >= 0.3 is 0 Å². The van der Waals surface area contributed by atoms with Gasteiger partial charge in [0.1, 0.15) is 5.82 Å². The molecule has 9 rings (SSSR count). The summed E-state index contributed by atoms with van der Waals surface area (Å²) in [5.41, 5.74) is 12.8. The topological polar surface area (TPSA) is 17.8 Å². The van der Waals surface area contributed by atoms with Gasteiger partial charge in [-0.3, -0.25) is 4.57 Å². The van der Waals surface area contributed by atoms with Gasteiger partial charge in [0.25, 0.3) is 0 Å². The number of fused-ring (bicyclic) bond motifs is 3. The molecule has 0 aliphatic carbocycles. The van der Waals surface area contributed by atoms with E-state index in [4.69, 9.17) is 4.98 Å². The van der Waals surface area contributed by atoms with E-state index < -0.39 is 0 Å². The number of aromatic nitrogens is 2. The number of hydrogen-bond acceptors (Lipinski definition) is 1. The van der Waals surface area contributed by atoms with E-state index in [-0.39, 0.29) is 0 Å². The zero-order valence-corrected chi connectivity index (χ0v) is 26.6. The first-order valence-electron chi connectivity index (χ1n) is 16.5. The van der Waals surface area contributed by atoms with Crippen molar-refractivity contribution in [2.75, 3.05) is 0 Å². The molecule has 9 aromatic rings. The maximum absolute atomic E-state index is 5.27. The van der Waals surface area contributed by atoms with Gasteiger partial charge in [0.15, 0.2) is 0 Å². The van der Waals surface area contributed by atoms with E-state index in [1.165, 1.54) is 60.5 Å². The molecule has 2 heteroatoms. The van der Waals surface area contributed by atoms with Crippen LogP contribution in [0.15, 0.2) is 176 Å². The quantitative estimate of drug-likeness (QED) is 0.177. The molecule has 0 bridgehead atoms. The van der Waals surface area contributed by atoms with Crippen molar-refractivity contribution in [2.45, 2.75) is 6.92 Å². The minimum absolute atomic E-state index is 0.942. The van der Waals surface area contributed by atoms with E-state index in [0.29, 0.717) is 0 Å². The molecular weight excluding hydrogens is 581 g/mol. The highest BCUT2D eigenvalue weighted by atomic mass is 15.1. The second kappa shape index (κ2) is 11.5. The third kappa shape index (κ3) is 4.61. The van der Waals surface area contributed by atoms with Crippen LogP contribution in [0.4, 0.5) is 0 Å². The lowest BCUT2D eigenvalue weighted by Gasteiger charge is -2.19. The van der Waals surface area contributed by atoms with Crippen LogP contribution < -0.4 is 0 Å². The molecule has 1 aromatic heterocycles. The largest absolute Gasteiger partial charge is 0.292 e. The second-order valence-corrected chi connectivity index (χ2v) is 12.4. The summed E-state index contributed by atoms with van der Waals surface area (Å²) in [5, 5.41) is 5.02. The molecule has 0 unspecified atom stereocenters. The van der Waals surface area contributed by atoms with Gasteiger partial charge in [0, 0.05) is 11.3 Å². The van der Waals surface area contributed by atoms with Crippen molar-refractivity contribution in [3.8, 4) is 50.5 Å². The summed E-state index contributed by atoms with van der Waals surface area (Å²) >= 11 is 0. The van der Waals surface area contributed by atoms with Gasteiger partial charge < -0.3 is 0 Å². The zero-order valence-electron chi connectivity index (χ0n) is 26.6.